The fourth-order valence-electron chi connectivity index (χ4n) is 0.862. The van der Waals surface area contributed by atoms with Gasteiger partial charge in [-0.25, -0.2) is 4.98 Å². The monoisotopic (exact) mass is 217 g/mol. The topological polar surface area (TPSA) is 33.1 Å². The molecule has 1 aromatic rings. The Labute approximate surface area is 87.3 Å². The first-order valence-corrected chi connectivity index (χ1v) is 5.29. The summed E-state index contributed by atoms with van der Waals surface area (Å²) in [4.78, 5) is 5.05. The lowest BCUT2D eigenvalue weighted by Gasteiger charge is -2.09. The van der Waals surface area contributed by atoms with Crippen molar-refractivity contribution in [2.75, 3.05) is 6.61 Å². The molecule has 1 unspecified atom stereocenters. The van der Waals surface area contributed by atoms with Crippen LogP contribution in [0, 0.1) is 6.92 Å². The van der Waals surface area contributed by atoms with E-state index < -0.39 is 0 Å². The average molecular weight is 218 g/mol. The molecule has 2 nitrogen and oxygen atoms in total. The first-order chi connectivity index (χ1) is 6.13. The second kappa shape index (κ2) is 4.84. The number of nitrogens with zero attached hydrogens (tertiary/aromatic N) is 1. The Morgan fingerprint density at radius 2 is 2.38 bits per heavy atom. The van der Waals surface area contributed by atoms with E-state index in [2.05, 4.69) is 4.98 Å². The predicted octanol–water partition coefficient (Wildman–Crippen LogP) is 2.52. The first-order valence-electron chi connectivity index (χ1n) is 4.03. The number of halogens is 1. The molecule has 0 fully saturated rings. The zero-order valence-corrected chi connectivity index (χ0v) is 9.19. The van der Waals surface area contributed by atoms with Crippen molar-refractivity contribution in [2.45, 2.75) is 24.0 Å². The average Bonchev–Trinajstić information content (AvgIpc) is 2.11. The highest BCUT2D eigenvalue weighted by Crippen LogP contribution is 2.27. The van der Waals surface area contributed by atoms with E-state index in [0.29, 0.717) is 5.15 Å². The lowest BCUT2D eigenvalue weighted by atomic mass is 10.3. The van der Waals surface area contributed by atoms with Crippen molar-refractivity contribution in [1.82, 2.24) is 4.98 Å². The minimum absolute atomic E-state index is 0.171. The zero-order chi connectivity index (χ0) is 9.84. The Morgan fingerprint density at radius 1 is 1.69 bits per heavy atom. The summed E-state index contributed by atoms with van der Waals surface area (Å²) in [6.45, 7) is 4.12. The van der Waals surface area contributed by atoms with Crippen molar-refractivity contribution in [3.63, 3.8) is 0 Å². The fraction of sp³-hybridized carbons (Fsp3) is 0.444. The summed E-state index contributed by atoms with van der Waals surface area (Å²) in [6.07, 6.45) is 1.74. The molecule has 0 spiro atoms. The number of thioether (sulfide) groups is 1. The van der Waals surface area contributed by atoms with E-state index in [1.165, 1.54) is 0 Å². The molecular formula is C9H12ClNOS. The summed E-state index contributed by atoms with van der Waals surface area (Å²) < 4.78 is 0. The van der Waals surface area contributed by atoms with Crippen LogP contribution in [0.5, 0.6) is 0 Å². The smallest absolute Gasteiger partial charge is 0.130 e. The molecule has 0 aromatic carbocycles. The van der Waals surface area contributed by atoms with Gasteiger partial charge in [0.25, 0.3) is 0 Å². The van der Waals surface area contributed by atoms with Gasteiger partial charge < -0.3 is 5.11 Å². The van der Waals surface area contributed by atoms with Crippen LogP contribution >= 0.6 is 23.4 Å². The van der Waals surface area contributed by atoms with Crippen LogP contribution in [0.4, 0.5) is 0 Å². The van der Waals surface area contributed by atoms with Crippen molar-refractivity contribution in [1.29, 1.82) is 0 Å². The summed E-state index contributed by atoms with van der Waals surface area (Å²) in [7, 11) is 0. The van der Waals surface area contributed by atoms with Crippen molar-refractivity contribution in [3.8, 4) is 0 Å². The number of rotatable bonds is 3. The maximum Gasteiger partial charge on any atom is 0.130 e. The molecule has 1 aromatic heterocycles. The van der Waals surface area contributed by atoms with Crippen LogP contribution in [0.3, 0.4) is 0 Å². The van der Waals surface area contributed by atoms with Gasteiger partial charge in [-0.05, 0) is 18.6 Å². The molecule has 0 radical (unpaired) electrons. The van der Waals surface area contributed by atoms with Gasteiger partial charge in [-0.3, -0.25) is 0 Å². The van der Waals surface area contributed by atoms with E-state index in [1.54, 1.807) is 18.0 Å². The molecule has 0 saturated carbocycles. The van der Waals surface area contributed by atoms with Crippen molar-refractivity contribution in [3.05, 3.63) is 23.0 Å². The maximum atomic E-state index is 8.89. The molecule has 0 saturated heterocycles. The second-order valence-electron chi connectivity index (χ2n) is 2.88. The van der Waals surface area contributed by atoms with E-state index in [-0.39, 0.29) is 11.9 Å². The number of hydrogen-bond acceptors (Lipinski definition) is 3. The zero-order valence-electron chi connectivity index (χ0n) is 7.62. The van der Waals surface area contributed by atoms with Gasteiger partial charge in [0.1, 0.15) is 5.15 Å². The lowest BCUT2D eigenvalue weighted by molar-refractivity contribution is 0.300. The van der Waals surface area contributed by atoms with Gasteiger partial charge in [-0.15, -0.1) is 11.8 Å². The molecule has 72 valence electrons. The summed E-state index contributed by atoms with van der Waals surface area (Å²) in [6, 6.07) is 1.83. The normalized spacial score (nSPS) is 12.9. The molecular weight excluding hydrogens is 206 g/mol. The summed E-state index contributed by atoms with van der Waals surface area (Å²) in [5.74, 6) is 0. The van der Waals surface area contributed by atoms with Crippen molar-refractivity contribution in [2.24, 2.45) is 0 Å². The van der Waals surface area contributed by atoms with Gasteiger partial charge in [0, 0.05) is 16.3 Å². The quantitative estimate of drug-likeness (QED) is 0.624. The summed E-state index contributed by atoms with van der Waals surface area (Å²) in [5.41, 5.74) is 1.09. The van der Waals surface area contributed by atoms with Crippen molar-refractivity contribution < 1.29 is 5.11 Å². The van der Waals surface area contributed by atoms with Crippen LogP contribution in [-0.4, -0.2) is 21.9 Å². The third kappa shape index (κ3) is 3.18. The van der Waals surface area contributed by atoms with Crippen LogP contribution in [0.25, 0.3) is 0 Å². The molecule has 1 N–H and O–H groups in total. The van der Waals surface area contributed by atoms with Gasteiger partial charge in [0.05, 0.1) is 6.61 Å². The third-order valence-electron chi connectivity index (χ3n) is 1.61. The molecule has 0 aliphatic heterocycles. The number of hydrogen-bond donors (Lipinski definition) is 1. The SMILES string of the molecule is Cc1cnc(Cl)cc1SC(C)CO. The predicted molar refractivity (Wildman–Crippen MR) is 56.4 cm³/mol. The van der Waals surface area contributed by atoms with Crippen LogP contribution in [0.1, 0.15) is 12.5 Å². The molecule has 1 atom stereocenters. The third-order valence-corrected chi connectivity index (χ3v) is 3.06. The molecule has 0 aliphatic carbocycles. The van der Waals surface area contributed by atoms with E-state index in [1.807, 2.05) is 19.9 Å². The largest absolute Gasteiger partial charge is 0.395 e. The van der Waals surface area contributed by atoms with Gasteiger partial charge in [0.2, 0.25) is 0 Å². The van der Waals surface area contributed by atoms with Gasteiger partial charge in [0.15, 0.2) is 0 Å². The number of aryl methyl sites for hydroxylation is 1. The van der Waals surface area contributed by atoms with Crippen LogP contribution in [0.2, 0.25) is 5.15 Å². The van der Waals surface area contributed by atoms with Crippen LogP contribution in [0.15, 0.2) is 17.2 Å². The number of aliphatic hydroxyl groups excluding tert-OH is 1. The Balaban J connectivity index is 2.81. The van der Waals surface area contributed by atoms with Gasteiger partial charge in [-0.1, -0.05) is 18.5 Å². The van der Waals surface area contributed by atoms with E-state index in [0.717, 1.165) is 10.5 Å². The highest BCUT2D eigenvalue weighted by molar-refractivity contribution is 8.00. The Kier molecular flexibility index (Phi) is 4.03. The molecule has 1 heterocycles. The lowest BCUT2D eigenvalue weighted by Crippen LogP contribution is -2.02. The first kappa shape index (κ1) is 10.8. The van der Waals surface area contributed by atoms with Crippen LogP contribution in [-0.2, 0) is 0 Å². The summed E-state index contributed by atoms with van der Waals surface area (Å²) in [5, 5.41) is 9.58. The summed E-state index contributed by atoms with van der Waals surface area (Å²) >= 11 is 7.37. The maximum absolute atomic E-state index is 8.89. The van der Waals surface area contributed by atoms with Crippen molar-refractivity contribution >= 4 is 23.4 Å². The molecule has 0 aliphatic rings. The van der Waals surface area contributed by atoms with E-state index in [9.17, 15) is 0 Å². The minimum Gasteiger partial charge on any atom is -0.395 e. The van der Waals surface area contributed by atoms with E-state index in [4.69, 9.17) is 16.7 Å². The highest BCUT2D eigenvalue weighted by atomic mass is 35.5. The molecule has 0 bridgehead atoms. The molecule has 0 amide bonds. The number of aromatic nitrogens is 1. The Bertz CT molecular complexity index is 293. The van der Waals surface area contributed by atoms with E-state index >= 15 is 0 Å². The van der Waals surface area contributed by atoms with Crippen LogP contribution < -0.4 is 0 Å². The Morgan fingerprint density at radius 3 is 3.00 bits per heavy atom. The second-order valence-corrected chi connectivity index (χ2v) is 4.75. The Hall–Kier alpha value is -0.250. The molecule has 13 heavy (non-hydrogen) atoms. The molecule has 4 heteroatoms. The fourth-order valence-corrected chi connectivity index (χ4v) is 2.01. The van der Waals surface area contributed by atoms with Gasteiger partial charge in [-0.2, -0.15) is 0 Å². The minimum atomic E-state index is 0.171. The van der Waals surface area contributed by atoms with Gasteiger partial charge >= 0.3 is 0 Å². The molecule has 1 rings (SSSR count). The number of pyridine rings is 1. The number of aliphatic hydroxyl groups is 1. The highest BCUT2D eigenvalue weighted by Gasteiger charge is 2.06. The standard InChI is InChI=1S/C9H12ClNOS/c1-6-4-11-9(10)3-8(6)13-7(2)5-12/h3-4,7,12H,5H2,1-2H3.